The highest BCUT2D eigenvalue weighted by Crippen LogP contribution is 1.88. The summed E-state index contributed by atoms with van der Waals surface area (Å²) in [6.45, 7) is 3.13. The van der Waals surface area contributed by atoms with Crippen LogP contribution < -0.4 is 5.32 Å². The number of nitrogens with one attached hydrogen (secondary N) is 1. The van der Waals surface area contributed by atoms with Crippen molar-refractivity contribution in [1.82, 2.24) is 10.2 Å². The van der Waals surface area contributed by atoms with Gasteiger partial charge in [-0.05, 0) is 6.92 Å². The molecule has 0 spiro atoms. The van der Waals surface area contributed by atoms with Crippen LogP contribution in [-0.4, -0.2) is 50.1 Å². The van der Waals surface area contributed by atoms with E-state index < -0.39 is 0 Å². The Morgan fingerprint density at radius 1 is 1.47 bits per heavy atom. The van der Waals surface area contributed by atoms with Gasteiger partial charge in [0.05, 0.1) is 32.1 Å². The number of carbonyl (C=O) groups is 2. The van der Waals surface area contributed by atoms with Crippen LogP contribution in [-0.2, 0) is 14.3 Å². The minimum absolute atomic E-state index is 0.0934. The topological polar surface area (TPSA) is 82.4 Å². The van der Waals surface area contributed by atoms with Crippen LogP contribution in [0, 0.1) is 11.3 Å². The van der Waals surface area contributed by atoms with Crippen molar-refractivity contribution in [3.63, 3.8) is 0 Å². The summed E-state index contributed by atoms with van der Waals surface area (Å²) in [6, 6.07) is 1.97. The lowest BCUT2D eigenvalue weighted by molar-refractivity contribution is -0.143. The van der Waals surface area contributed by atoms with Gasteiger partial charge in [-0.25, -0.2) is 0 Å². The third-order valence-corrected chi connectivity index (χ3v) is 2.07. The van der Waals surface area contributed by atoms with E-state index in [-0.39, 0.29) is 24.8 Å². The van der Waals surface area contributed by atoms with E-state index in [4.69, 9.17) is 10.00 Å². The fourth-order valence-corrected chi connectivity index (χ4v) is 1.10. The molecular weight excluding hydrogens is 222 g/mol. The van der Waals surface area contributed by atoms with Crippen LogP contribution in [0.25, 0.3) is 0 Å². The maximum atomic E-state index is 11.5. The number of nitrogens with zero attached hydrogens (tertiary/aromatic N) is 2. The molecule has 1 amide bonds. The largest absolute Gasteiger partial charge is 0.466 e. The normalized spacial score (nSPS) is 9.47. The van der Waals surface area contributed by atoms with Crippen molar-refractivity contribution in [2.45, 2.75) is 19.8 Å². The standard InChI is InChI=1S/C11H19N3O3/c1-3-17-11(16)5-7-13-9-10(15)14(2)8-4-6-12/h13H,3-5,7-9H2,1-2H3. The molecule has 0 fully saturated rings. The summed E-state index contributed by atoms with van der Waals surface area (Å²) in [5, 5.41) is 11.2. The fraction of sp³-hybridized carbons (Fsp3) is 0.727. The molecule has 0 aliphatic carbocycles. The van der Waals surface area contributed by atoms with Crippen LogP contribution in [0.2, 0.25) is 0 Å². The second kappa shape index (κ2) is 9.60. The number of nitriles is 1. The predicted octanol–water partition coefficient (Wildman–Crippen LogP) is -0.0987. The van der Waals surface area contributed by atoms with Gasteiger partial charge < -0.3 is 15.0 Å². The van der Waals surface area contributed by atoms with Crippen LogP contribution >= 0.6 is 0 Å². The van der Waals surface area contributed by atoms with Crippen molar-refractivity contribution in [3.05, 3.63) is 0 Å². The second-order valence-corrected chi connectivity index (χ2v) is 3.46. The van der Waals surface area contributed by atoms with E-state index in [1.54, 1.807) is 14.0 Å². The average Bonchev–Trinajstić information content (AvgIpc) is 2.31. The van der Waals surface area contributed by atoms with Gasteiger partial charge in [-0.15, -0.1) is 0 Å². The number of esters is 1. The average molecular weight is 241 g/mol. The highest BCUT2D eigenvalue weighted by molar-refractivity contribution is 5.78. The highest BCUT2D eigenvalue weighted by atomic mass is 16.5. The van der Waals surface area contributed by atoms with Crippen molar-refractivity contribution in [3.8, 4) is 6.07 Å². The number of rotatable bonds is 8. The molecule has 17 heavy (non-hydrogen) atoms. The zero-order valence-corrected chi connectivity index (χ0v) is 10.4. The Kier molecular flexibility index (Phi) is 8.69. The molecule has 0 unspecified atom stereocenters. The van der Waals surface area contributed by atoms with E-state index >= 15 is 0 Å². The molecule has 0 aliphatic heterocycles. The van der Waals surface area contributed by atoms with E-state index in [9.17, 15) is 9.59 Å². The monoisotopic (exact) mass is 241 g/mol. The number of carbonyl (C=O) groups excluding carboxylic acids is 2. The summed E-state index contributed by atoms with van der Waals surface area (Å²) in [4.78, 5) is 23.9. The number of likely N-dealkylation sites (N-methyl/N-ethyl adjacent to an activating group) is 1. The molecule has 0 saturated heterocycles. The Bertz CT molecular complexity index is 286. The smallest absolute Gasteiger partial charge is 0.307 e. The van der Waals surface area contributed by atoms with Gasteiger partial charge in [0, 0.05) is 20.1 Å². The molecule has 0 rings (SSSR count). The first-order valence-corrected chi connectivity index (χ1v) is 5.59. The van der Waals surface area contributed by atoms with Gasteiger partial charge in [0.1, 0.15) is 0 Å². The molecule has 0 heterocycles. The SMILES string of the molecule is CCOC(=O)CCNCC(=O)N(C)CCC#N. The summed E-state index contributed by atoms with van der Waals surface area (Å²) in [7, 11) is 1.65. The van der Waals surface area contributed by atoms with E-state index in [2.05, 4.69) is 5.32 Å². The summed E-state index contributed by atoms with van der Waals surface area (Å²) in [6.07, 6.45) is 0.577. The van der Waals surface area contributed by atoms with Crippen molar-refractivity contribution in [1.29, 1.82) is 5.26 Å². The number of hydrogen-bond acceptors (Lipinski definition) is 5. The van der Waals surface area contributed by atoms with Crippen molar-refractivity contribution in [2.24, 2.45) is 0 Å². The third-order valence-electron chi connectivity index (χ3n) is 2.07. The zero-order chi connectivity index (χ0) is 13.1. The van der Waals surface area contributed by atoms with Crippen molar-refractivity contribution < 1.29 is 14.3 Å². The summed E-state index contributed by atoms with van der Waals surface area (Å²) >= 11 is 0. The maximum absolute atomic E-state index is 11.5. The molecule has 0 bridgehead atoms. The van der Waals surface area contributed by atoms with Crippen LogP contribution in [0.3, 0.4) is 0 Å². The molecule has 0 aromatic rings. The molecule has 0 atom stereocenters. The Morgan fingerprint density at radius 3 is 2.76 bits per heavy atom. The number of amides is 1. The van der Waals surface area contributed by atoms with Gasteiger partial charge in [0.25, 0.3) is 0 Å². The lowest BCUT2D eigenvalue weighted by Gasteiger charge is -2.15. The van der Waals surface area contributed by atoms with Crippen molar-refractivity contribution >= 4 is 11.9 Å². The van der Waals surface area contributed by atoms with Crippen LogP contribution in [0.4, 0.5) is 0 Å². The molecule has 6 heteroatoms. The first kappa shape index (κ1) is 15.4. The van der Waals surface area contributed by atoms with Gasteiger partial charge in [-0.1, -0.05) is 0 Å². The lowest BCUT2D eigenvalue weighted by atomic mass is 10.4. The van der Waals surface area contributed by atoms with E-state index in [1.807, 2.05) is 6.07 Å². The van der Waals surface area contributed by atoms with Gasteiger partial charge in [-0.3, -0.25) is 9.59 Å². The number of ether oxygens (including phenoxy) is 1. The van der Waals surface area contributed by atoms with Gasteiger partial charge in [0.15, 0.2) is 0 Å². The molecule has 0 aliphatic rings. The Morgan fingerprint density at radius 2 is 2.18 bits per heavy atom. The minimum Gasteiger partial charge on any atom is -0.466 e. The summed E-state index contributed by atoms with van der Waals surface area (Å²) < 4.78 is 4.74. The Labute approximate surface area is 102 Å². The maximum Gasteiger partial charge on any atom is 0.307 e. The lowest BCUT2D eigenvalue weighted by Crippen LogP contribution is -2.36. The van der Waals surface area contributed by atoms with Gasteiger partial charge in [-0.2, -0.15) is 5.26 Å². The second-order valence-electron chi connectivity index (χ2n) is 3.46. The molecule has 0 saturated carbocycles. The molecule has 0 aromatic heterocycles. The molecule has 96 valence electrons. The fourth-order valence-electron chi connectivity index (χ4n) is 1.10. The van der Waals surface area contributed by atoms with Crippen LogP contribution in [0.1, 0.15) is 19.8 Å². The van der Waals surface area contributed by atoms with Crippen molar-refractivity contribution in [2.75, 3.05) is 33.3 Å². The first-order chi connectivity index (χ1) is 8.11. The predicted molar refractivity (Wildman–Crippen MR) is 62.0 cm³/mol. The highest BCUT2D eigenvalue weighted by Gasteiger charge is 2.07. The molecule has 0 aromatic carbocycles. The number of hydrogen-bond donors (Lipinski definition) is 1. The zero-order valence-electron chi connectivity index (χ0n) is 10.4. The first-order valence-electron chi connectivity index (χ1n) is 5.59. The van der Waals surface area contributed by atoms with Gasteiger partial charge in [0.2, 0.25) is 5.91 Å². The quantitative estimate of drug-likeness (QED) is 0.474. The summed E-state index contributed by atoms with van der Waals surface area (Å²) in [5.41, 5.74) is 0. The minimum atomic E-state index is -0.273. The molecule has 6 nitrogen and oxygen atoms in total. The summed E-state index contributed by atoms with van der Waals surface area (Å²) in [5.74, 6) is -0.366. The van der Waals surface area contributed by atoms with E-state index in [0.717, 1.165) is 0 Å². The molecule has 0 radical (unpaired) electrons. The van der Waals surface area contributed by atoms with Gasteiger partial charge >= 0.3 is 5.97 Å². The van der Waals surface area contributed by atoms with Crippen LogP contribution in [0.15, 0.2) is 0 Å². The third kappa shape index (κ3) is 8.22. The van der Waals surface area contributed by atoms with Crippen LogP contribution in [0.5, 0.6) is 0 Å². The Hall–Kier alpha value is -1.61. The van der Waals surface area contributed by atoms with E-state index in [1.165, 1.54) is 4.90 Å². The molecular formula is C11H19N3O3. The van der Waals surface area contributed by atoms with E-state index in [0.29, 0.717) is 26.1 Å². The molecule has 1 N–H and O–H groups in total. The Balaban J connectivity index is 3.57.